The number of hydrazine groups is 1. The fourth-order valence-electron chi connectivity index (χ4n) is 2.58. The third-order valence-electron chi connectivity index (χ3n) is 3.73. The molecule has 0 aliphatic carbocycles. The lowest BCUT2D eigenvalue weighted by atomic mass is 10.2. The number of nitrogens with zero attached hydrogens (tertiary/aromatic N) is 2. The number of likely N-dealkylation sites (N-methyl/N-ethyl adjacent to an activating group) is 1. The quantitative estimate of drug-likeness (QED) is 0.456. The van der Waals surface area contributed by atoms with Gasteiger partial charge in [0.05, 0.1) is 6.54 Å². The standard InChI is InChI=1S/C14H24N4O2/c1-11-9-12(20-13(11)14(19)16-15)10-17(2)7-8-18-5-3-4-6-18/h9H,3-8,10,15H2,1-2H3,(H,16,19). The number of amides is 1. The molecule has 3 N–H and O–H groups in total. The van der Waals surface area contributed by atoms with Gasteiger partial charge >= 0.3 is 5.91 Å². The summed E-state index contributed by atoms with van der Waals surface area (Å²) in [7, 11) is 2.07. The Morgan fingerprint density at radius 3 is 2.85 bits per heavy atom. The molecule has 0 unspecified atom stereocenters. The minimum absolute atomic E-state index is 0.301. The number of aryl methyl sites for hydroxylation is 1. The van der Waals surface area contributed by atoms with Crippen molar-refractivity contribution in [1.82, 2.24) is 15.2 Å². The molecule has 112 valence electrons. The van der Waals surface area contributed by atoms with Gasteiger partial charge in [-0.3, -0.25) is 15.1 Å². The highest BCUT2D eigenvalue weighted by Crippen LogP contribution is 2.16. The number of carbonyl (C=O) groups is 1. The Labute approximate surface area is 119 Å². The number of nitrogen functional groups attached to an aromatic ring is 1. The van der Waals surface area contributed by atoms with Crippen molar-refractivity contribution in [1.29, 1.82) is 0 Å². The largest absolute Gasteiger partial charge is 0.454 e. The summed E-state index contributed by atoms with van der Waals surface area (Å²) in [5.41, 5.74) is 2.91. The molecular weight excluding hydrogens is 256 g/mol. The second-order valence-corrected chi connectivity index (χ2v) is 5.48. The first-order valence-electron chi connectivity index (χ1n) is 7.11. The summed E-state index contributed by atoms with van der Waals surface area (Å²) in [6, 6.07) is 1.90. The van der Waals surface area contributed by atoms with Gasteiger partial charge < -0.3 is 9.32 Å². The zero-order valence-electron chi connectivity index (χ0n) is 12.3. The van der Waals surface area contributed by atoms with Crippen LogP contribution in [-0.2, 0) is 6.54 Å². The van der Waals surface area contributed by atoms with E-state index in [4.69, 9.17) is 10.3 Å². The molecule has 0 aromatic carbocycles. The molecule has 0 spiro atoms. The molecule has 1 aromatic heterocycles. The van der Waals surface area contributed by atoms with Crippen LogP contribution >= 0.6 is 0 Å². The fourth-order valence-corrected chi connectivity index (χ4v) is 2.58. The maximum atomic E-state index is 11.5. The molecule has 2 rings (SSSR count). The zero-order valence-corrected chi connectivity index (χ0v) is 12.3. The minimum atomic E-state index is -0.381. The second-order valence-electron chi connectivity index (χ2n) is 5.48. The highest BCUT2D eigenvalue weighted by Gasteiger charge is 2.16. The number of nitrogens with one attached hydrogen (secondary N) is 1. The van der Waals surface area contributed by atoms with Crippen LogP contribution in [0.1, 0.15) is 34.7 Å². The molecule has 0 bridgehead atoms. The predicted octanol–water partition coefficient (Wildman–Crippen LogP) is 0.719. The van der Waals surface area contributed by atoms with Gasteiger partial charge in [-0.2, -0.15) is 0 Å². The summed E-state index contributed by atoms with van der Waals surface area (Å²) in [5.74, 6) is 5.84. The Bertz CT molecular complexity index is 452. The molecule has 6 nitrogen and oxygen atoms in total. The van der Waals surface area contributed by atoms with Crippen molar-refractivity contribution in [3.05, 3.63) is 23.2 Å². The van der Waals surface area contributed by atoms with Crippen molar-refractivity contribution in [3.63, 3.8) is 0 Å². The fraction of sp³-hybridized carbons (Fsp3) is 0.643. The smallest absolute Gasteiger partial charge is 0.301 e. The van der Waals surface area contributed by atoms with Crippen LogP contribution in [-0.4, -0.2) is 48.9 Å². The molecular formula is C14H24N4O2. The van der Waals surface area contributed by atoms with Crippen LogP contribution in [0.4, 0.5) is 0 Å². The van der Waals surface area contributed by atoms with Crippen molar-refractivity contribution in [3.8, 4) is 0 Å². The average Bonchev–Trinajstić information content (AvgIpc) is 3.05. The maximum Gasteiger partial charge on any atom is 0.301 e. The van der Waals surface area contributed by atoms with Gasteiger partial charge in [0.1, 0.15) is 5.76 Å². The summed E-state index contributed by atoms with van der Waals surface area (Å²) in [4.78, 5) is 16.2. The Balaban J connectivity index is 1.84. The minimum Gasteiger partial charge on any atom is -0.454 e. The van der Waals surface area contributed by atoms with E-state index >= 15 is 0 Å². The molecule has 1 aliphatic heterocycles. The Hall–Kier alpha value is -1.37. The monoisotopic (exact) mass is 280 g/mol. The molecule has 6 heteroatoms. The highest BCUT2D eigenvalue weighted by molar-refractivity contribution is 5.92. The van der Waals surface area contributed by atoms with Crippen molar-refractivity contribution >= 4 is 5.91 Å². The Morgan fingerprint density at radius 1 is 1.50 bits per heavy atom. The van der Waals surface area contributed by atoms with Gasteiger partial charge in [-0.1, -0.05) is 0 Å². The predicted molar refractivity (Wildman–Crippen MR) is 77.1 cm³/mol. The molecule has 20 heavy (non-hydrogen) atoms. The van der Waals surface area contributed by atoms with E-state index in [2.05, 4.69) is 22.3 Å². The van der Waals surface area contributed by atoms with E-state index in [9.17, 15) is 4.79 Å². The number of likely N-dealkylation sites (tertiary alicyclic amines) is 1. The zero-order chi connectivity index (χ0) is 14.5. The molecule has 1 amide bonds. The van der Waals surface area contributed by atoms with Gasteiger partial charge in [-0.05, 0) is 46.0 Å². The van der Waals surface area contributed by atoms with Crippen molar-refractivity contribution < 1.29 is 9.21 Å². The third-order valence-corrected chi connectivity index (χ3v) is 3.73. The number of carbonyl (C=O) groups excluding carboxylic acids is 1. The number of hydrogen-bond donors (Lipinski definition) is 2. The van der Waals surface area contributed by atoms with Crippen LogP contribution < -0.4 is 11.3 Å². The Kier molecular flexibility index (Phi) is 5.17. The van der Waals surface area contributed by atoms with E-state index in [1.807, 2.05) is 13.0 Å². The number of rotatable bonds is 6. The number of nitrogens with two attached hydrogens (primary N) is 1. The van der Waals surface area contributed by atoms with E-state index in [1.165, 1.54) is 25.9 Å². The normalized spacial score (nSPS) is 16.0. The van der Waals surface area contributed by atoms with Gasteiger partial charge in [0.15, 0.2) is 5.76 Å². The molecule has 0 saturated carbocycles. The first-order chi connectivity index (χ1) is 9.60. The van der Waals surface area contributed by atoms with E-state index in [1.54, 1.807) is 0 Å². The van der Waals surface area contributed by atoms with Crippen molar-refractivity contribution in [2.45, 2.75) is 26.3 Å². The van der Waals surface area contributed by atoms with E-state index in [-0.39, 0.29) is 5.91 Å². The summed E-state index contributed by atoms with van der Waals surface area (Å²) >= 11 is 0. The van der Waals surface area contributed by atoms with Gasteiger partial charge in [-0.15, -0.1) is 0 Å². The van der Waals surface area contributed by atoms with E-state index in [0.717, 1.165) is 24.4 Å². The van der Waals surface area contributed by atoms with Gasteiger partial charge in [0, 0.05) is 18.7 Å². The summed E-state index contributed by atoms with van der Waals surface area (Å²) < 4.78 is 5.56. The number of furan rings is 1. The highest BCUT2D eigenvalue weighted by atomic mass is 16.4. The maximum absolute atomic E-state index is 11.5. The van der Waals surface area contributed by atoms with E-state index < -0.39 is 0 Å². The molecule has 1 fully saturated rings. The summed E-state index contributed by atoms with van der Waals surface area (Å²) in [6.45, 7) is 7.07. The molecule has 2 heterocycles. The Morgan fingerprint density at radius 2 is 2.20 bits per heavy atom. The summed E-state index contributed by atoms with van der Waals surface area (Å²) in [5, 5.41) is 0. The lowest BCUT2D eigenvalue weighted by Crippen LogP contribution is -2.31. The van der Waals surface area contributed by atoms with Crippen molar-refractivity contribution in [2.24, 2.45) is 5.84 Å². The van der Waals surface area contributed by atoms with Gasteiger partial charge in [-0.25, -0.2) is 5.84 Å². The van der Waals surface area contributed by atoms with Gasteiger partial charge in [0.25, 0.3) is 0 Å². The van der Waals surface area contributed by atoms with E-state index in [0.29, 0.717) is 12.3 Å². The first-order valence-corrected chi connectivity index (χ1v) is 7.11. The third kappa shape index (κ3) is 3.82. The molecule has 0 atom stereocenters. The lowest BCUT2D eigenvalue weighted by molar-refractivity contribution is 0.0921. The van der Waals surface area contributed by atoms with Crippen LogP contribution in [0, 0.1) is 6.92 Å². The first kappa shape index (κ1) is 15.0. The van der Waals surface area contributed by atoms with Crippen LogP contribution in [0.5, 0.6) is 0 Å². The molecule has 1 aliphatic rings. The molecule has 1 saturated heterocycles. The molecule has 1 aromatic rings. The van der Waals surface area contributed by atoms with Crippen molar-refractivity contribution in [2.75, 3.05) is 33.2 Å². The average molecular weight is 280 g/mol. The second kappa shape index (κ2) is 6.88. The topological polar surface area (TPSA) is 74.7 Å². The SMILES string of the molecule is Cc1cc(CN(C)CCN2CCCC2)oc1C(=O)NN. The van der Waals surface area contributed by atoms with Crippen LogP contribution in [0.2, 0.25) is 0 Å². The summed E-state index contributed by atoms with van der Waals surface area (Å²) in [6.07, 6.45) is 2.64. The number of hydrogen-bond acceptors (Lipinski definition) is 5. The van der Waals surface area contributed by atoms with Gasteiger partial charge in [0.2, 0.25) is 0 Å². The van der Waals surface area contributed by atoms with Crippen LogP contribution in [0.3, 0.4) is 0 Å². The lowest BCUT2D eigenvalue weighted by Gasteiger charge is -2.20. The van der Waals surface area contributed by atoms with Crippen LogP contribution in [0.15, 0.2) is 10.5 Å². The van der Waals surface area contributed by atoms with Crippen LogP contribution in [0.25, 0.3) is 0 Å². The molecule has 0 radical (unpaired) electrons.